The number of benzene rings is 1. The van der Waals surface area contributed by atoms with Gasteiger partial charge in [0.2, 0.25) is 5.91 Å². The molecule has 1 fully saturated rings. The molecule has 0 bridgehead atoms. The number of piperazine rings is 1. The SMILES string of the molecule is COC(C)(C(=O)Nc1ccc(N2CCNC(=O)C2)nc1)c1ccccc1. The fraction of sp³-hybridized carbons (Fsp3) is 0.316. The molecule has 0 saturated carbocycles. The zero-order valence-corrected chi connectivity index (χ0v) is 14.9. The molecule has 1 aromatic carbocycles. The zero-order chi connectivity index (χ0) is 18.6. The minimum Gasteiger partial charge on any atom is -0.364 e. The van der Waals surface area contributed by atoms with E-state index in [9.17, 15) is 9.59 Å². The quantitative estimate of drug-likeness (QED) is 0.851. The fourth-order valence-corrected chi connectivity index (χ4v) is 2.83. The Morgan fingerprint density at radius 3 is 2.65 bits per heavy atom. The number of ether oxygens (including phenoxy) is 1. The molecule has 1 aliphatic rings. The number of carbonyl (C=O) groups excluding carboxylic acids is 2. The second-order valence-electron chi connectivity index (χ2n) is 6.23. The maximum atomic E-state index is 12.8. The number of hydrogen-bond acceptors (Lipinski definition) is 5. The molecule has 0 aliphatic carbocycles. The Morgan fingerprint density at radius 1 is 1.27 bits per heavy atom. The Morgan fingerprint density at radius 2 is 2.04 bits per heavy atom. The standard InChI is InChI=1S/C19H22N4O3/c1-19(26-2,14-6-4-3-5-7-14)18(25)22-15-8-9-16(21-12-15)23-11-10-20-17(24)13-23/h3-9,12H,10-11,13H2,1-2H3,(H,20,24)(H,22,25). The largest absolute Gasteiger partial charge is 0.364 e. The molecule has 1 atom stereocenters. The van der Waals surface area contributed by atoms with Gasteiger partial charge in [0.1, 0.15) is 5.82 Å². The topological polar surface area (TPSA) is 83.6 Å². The van der Waals surface area contributed by atoms with E-state index in [1.807, 2.05) is 35.2 Å². The fourth-order valence-electron chi connectivity index (χ4n) is 2.83. The van der Waals surface area contributed by atoms with Crippen LogP contribution in [0.3, 0.4) is 0 Å². The molecular formula is C19H22N4O3. The molecule has 1 unspecified atom stereocenters. The molecule has 26 heavy (non-hydrogen) atoms. The van der Waals surface area contributed by atoms with Crippen molar-refractivity contribution in [1.29, 1.82) is 0 Å². The smallest absolute Gasteiger partial charge is 0.261 e. The van der Waals surface area contributed by atoms with Gasteiger partial charge in [-0.05, 0) is 24.6 Å². The van der Waals surface area contributed by atoms with Crippen LogP contribution >= 0.6 is 0 Å². The van der Waals surface area contributed by atoms with Crippen LogP contribution in [-0.2, 0) is 19.9 Å². The second kappa shape index (κ2) is 7.53. The van der Waals surface area contributed by atoms with Gasteiger partial charge in [0.25, 0.3) is 5.91 Å². The number of hydrogen-bond donors (Lipinski definition) is 2. The average molecular weight is 354 g/mol. The lowest BCUT2D eigenvalue weighted by atomic mass is 9.94. The van der Waals surface area contributed by atoms with Gasteiger partial charge in [-0.2, -0.15) is 0 Å². The summed E-state index contributed by atoms with van der Waals surface area (Å²) in [5, 5.41) is 5.63. The Bertz CT molecular complexity index is 779. The monoisotopic (exact) mass is 354 g/mol. The van der Waals surface area contributed by atoms with Gasteiger partial charge in [-0.15, -0.1) is 0 Å². The minimum absolute atomic E-state index is 0.0193. The molecule has 1 aliphatic heterocycles. The summed E-state index contributed by atoms with van der Waals surface area (Å²) in [4.78, 5) is 30.5. The van der Waals surface area contributed by atoms with Gasteiger partial charge in [-0.1, -0.05) is 30.3 Å². The summed E-state index contributed by atoms with van der Waals surface area (Å²) in [7, 11) is 1.51. The van der Waals surface area contributed by atoms with Crippen LogP contribution in [0.5, 0.6) is 0 Å². The summed E-state index contributed by atoms with van der Waals surface area (Å²) in [6, 6.07) is 12.9. The summed E-state index contributed by atoms with van der Waals surface area (Å²) in [6.45, 7) is 3.32. The summed E-state index contributed by atoms with van der Waals surface area (Å²) >= 11 is 0. The highest BCUT2D eigenvalue weighted by molar-refractivity contribution is 5.97. The van der Waals surface area contributed by atoms with Crippen LogP contribution in [0.1, 0.15) is 12.5 Å². The first-order valence-electron chi connectivity index (χ1n) is 8.43. The number of rotatable bonds is 5. The number of carbonyl (C=O) groups is 2. The zero-order valence-electron chi connectivity index (χ0n) is 14.9. The third-order valence-corrected chi connectivity index (χ3v) is 4.53. The van der Waals surface area contributed by atoms with E-state index < -0.39 is 5.60 Å². The van der Waals surface area contributed by atoms with E-state index in [1.54, 1.807) is 25.3 Å². The van der Waals surface area contributed by atoms with Gasteiger partial charge in [-0.25, -0.2) is 4.98 Å². The van der Waals surface area contributed by atoms with Crippen LogP contribution in [0.2, 0.25) is 0 Å². The summed E-state index contributed by atoms with van der Waals surface area (Å²) < 4.78 is 5.50. The molecular weight excluding hydrogens is 332 g/mol. The van der Waals surface area contributed by atoms with E-state index in [2.05, 4.69) is 15.6 Å². The van der Waals surface area contributed by atoms with Gasteiger partial charge in [0.05, 0.1) is 18.4 Å². The van der Waals surface area contributed by atoms with Crippen LogP contribution in [0.4, 0.5) is 11.5 Å². The van der Waals surface area contributed by atoms with Crippen molar-refractivity contribution >= 4 is 23.3 Å². The number of anilines is 2. The van der Waals surface area contributed by atoms with Crippen LogP contribution in [0.15, 0.2) is 48.7 Å². The number of aromatic nitrogens is 1. The number of nitrogens with zero attached hydrogens (tertiary/aromatic N) is 2. The molecule has 7 heteroatoms. The second-order valence-corrected chi connectivity index (χ2v) is 6.23. The molecule has 2 aromatic rings. The Hall–Kier alpha value is -2.93. The highest BCUT2D eigenvalue weighted by Crippen LogP contribution is 2.26. The van der Waals surface area contributed by atoms with Crippen molar-refractivity contribution in [2.24, 2.45) is 0 Å². The summed E-state index contributed by atoms with van der Waals surface area (Å²) in [5.41, 5.74) is 0.230. The molecule has 2 heterocycles. The molecule has 0 radical (unpaired) electrons. The summed E-state index contributed by atoms with van der Waals surface area (Å²) in [5.74, 6) is 0.405. The van der Waals surface area contributed by atoms with Crippen molar-refractivity contribution in [1.82, 2.24) is 10.3 Å². The third-order valence-electron chi connectivity index (χ3n) is 4.53. The van der Waals surface area contributed by atoms with Gasteiger partial charge < -0.3 is 20.3 Å². The molecule has 136 valence electrons. The van der Waals surface area contributed by atoms with Crippen molar-refractivity contribution in [3.8, 4) is 0 Å². The molecule has 3 rings (SSSR count). The van der Waals surface area contributed by atoms with E-state index in [0.717, 1.165) is 5.56 Å². The van der Waals surface area contributed by atoms with E-state index >= 15 is 0 Å². The van der Waals surface area contributed by atoms with Gasteiger partial charge in [0.15, 0.2) is 5.60 Å². The molecule has 2 N–H and O–H groups in total. The van der Waals surface area contributed by atoms with Crippen molar-refractivity contribution in [3.63, 3.8) is 0 Å². The van der Waals surface area contributed by atoms with E-state index in [0.29, 0.717) is 24.6 Å². The van der Waals surface area contributed by atoms with Crippen LogP contribution < -0.4 is 15.5 Å². The van der Waals surface area contributed by atoms with Crippen molar-refractivity contribution in [3.05, 3.63) is 54.2 Å². The average Bonchev–Trinajstić information content (AvgIpc) is 2.68. The predicted octanol–water partition coefficient (Wildman–Crippen LogP) is 1.52. The first-order valence-corrected chi connectivity index (χ1v) is 8.43. The third kappa shape index (κ3) is 3.67. The molecule has 2 amide bonds. The van der Waals surface area contributed by atoms with E-state index in [4.69, 9.17) is 4.74 Å². The van der Waals surface area contributed by atoms with Crippen LogP contribution in [0.25, 0.3) is 0 Å². The van der Waals surface area contributed by atoms with Gasteiger partial charge in [0, 0.05) is 20.2 Å². The lowest BCUT2D eigenvalue weighted by molar-refractivity contribution is -0.136. The Balaban J connectivity index is 1.72. The first kappa shape index (κ1) is 17.9. The highest BCUT2D eigenvalue weighted by atomic mass is 16.5. The van der Waals surface area contributed by atoms with E-state index in [-0.39, 0.29) is 18.4 Å². The van der Waals surface area contributed by atoms with Gasteiger partial charge >= 0.3 is 0 Å². The number of amides is 2. The number of pyridine rings is 1. The first-order chi connectivity index (χ1) is 12.5. The van der Waals surface area contributed by atoms with Crippen molar-refractivity contribution < 1.29 is 14.3 Å². The van der Waals surface area contributed by atoms with Gasteiger partial charge in [-0.3, -0.25) is 9.59 Å². The maximum Gasteiger partial charge on any atom is 0.261 e. The lowest BCUT2D eigenvalue weighted by Crippen LogP contribution is -2.48. The lowest BCUT2D eigenvalue weighted by Gasteiger charge is -2.28. The van der Waals surface area contributed by atoms with Crippen molar-refractivity contribution in [2.75, 3.05) is 37.0 Å². The van der Waals surface area contributed by atoms with E-state index in [1.165, 1.54) is 7.11 Å². The highest BCUT2D eigenvalue weighted by Gasteiger charge is 2.35. The van der Waals surface area contributed by atoms with Crippen LogP contribution in [0, 0.1) is 0 Å². The normalized spacial score (nSPS) is 16.5. The Labute approximate surface area is 152 Å². The maximum absolute atomic E-state index is 12.8. The number of nitrogens with one attached hydrogen (secondary N) is 2. The molecule has 0 spiro atoms. The van der Waals surface area contributed by atoms with Crippen molar-refractivity contribution in [2.45, 2.75) is 12.5 Å². The Kier molecular flexibility index (Phi) is 5.18. The van der Waals surface area contributed by atoms with Crippen LogP contribution in [-0.4, -0.2) is 43.5 Å². The number of methoxy groups -OCH3 is 1. The predicted molar refractivity (Wildman–Crippen MR) is 98.9 cm³/mol. The molecule has 1 saturated heterocycles. The molecule has 7 nitrogen and oxygen atoms in total. The minimum atomic E-state index is -1.11. The summed E-state index contributed by atoms with van der Waals surface area (Å²) in [6.07, 6.45) is 1.58. The molecule has 1 aromatic heterocycles.